The summed E-state index contributed by atoms with van der Waals surface area (Å²) in [5.74, 6) is 0.102. The smallest absolute Gasteiger partial charge is 0.287 e. The fraction of sp³-hybridized carbons (Fsp3) is 0.318. The van der Waals surface area contributed by atoms with Gasteiger partial charge in [0.15, 0.2) is 5.76 Å². The highest BCUT2D eigenvalue weighted by Crippen LogP contribution is 2.26. The monoisotopic (exact) mass is 367 g/mol. The molecule has 1 N–H and O–H groups in total. The maximum absolute atomic E-state index is 12.5. The molecular weight excluding hydrogens is 342 g/mol. The van der Waals surface area contributed by atoms with Gasteiger partial charge in [-0.05, 0) is 24.5 Å². The van der Waals surface area contributed by atoms with E-state index in [1.165, 1.54) is 5.56 Å². The van der Waals surface area contributed by atoms with Crippen molar-refractivity contribution < 1.29 is 18.7 Å². The van der Waals surface area contributed by atoms with Crippen LogP contribution in [-0.2, 0) is 22.5 Å². The van der Waals surface area contributed by atoms with E-state index < -0.39 is 0 Å². The maximum Gasteiger partial charge on any atom is 0.287 e. The van der Waals surface area contributed by atoms with Crippen molar-refractivity contribution in [2.75, 3.05) is 26.9 Å². The molecule has 0 atom stereocenters. The normalized spacial score (nSPS) is 11.0. The van der Waals surface area contributed by atoms with E-state index in [-0.39, 0.29) is 5.91 Å². The van der Waals surface area contributed by atoms with Crippen molar-refractivity contribution in [2.45, 2.75) is 19.4 Å². The van der Waals surface area contributed by atoms with Crippen LogP contribution in [0.2, 0.25) is 0 Å². The van der Waals surface area contributed by atoms with Gasteiger partial charge in [-0.2, -0.15) is 0 Å². The minimum absolute atomic E-state index is 0.220. The van der Waals surface area contributed by atoms with Crippen molar-refractivity contribution >= 4 is 16.9 Å². The zero-order valence-electron chi connectivity index (χ0n) is 15.6. The van der Waals surface area contributed by atoms with Crippen LogP contribution >= 0.6 is 0 Å². The second kappa shape index (κ2) is 9.90. The van der Waals surface area contributed by atoms with E-state index in [4.69, 9.17) is 13.9 Å². The Labute approximate surface area is 159 Å². The third-order valence-corrected chi connectivity index (χ3v) is 4.32. The summed E-state index contributed by atoms with van der Waals surface area (Å²) in [5, 5.41) is 3.81. The third kappa shape index (κ3) is 5.18. The number of amides is 1. The summed E-state index contributed by atoms with van der Waals surface area (Å²) in [7, 11) is 1.61. The first-order chi connectivity index (χ1) is 13.3. The summed E-state index contributed by atoms with van der Waals surface area (Å²) in [6, 6.07) is 17.8. The van der Waals surface area contributed by atoms with Gasteiger partial charge in [0.25, 0.3) is 5.91 Å². The number of para-hydroxylation sites is 1. The van der Waals surface area contributed by atoms with Crippen LogP contribution in [0.5, 0.6) is 0 Å². The van der Waals surface area contributed by atoms with Crippen LogP contribution in [0.3, 0.4) is 0 Å². The molecule has 0 aliphatic carbocycles. The number of nitrogens with one attached hydrogen (secondary N) is 1. The van der Waals surface area contributed by atoms with E-state index in [1.54, 1.807) is 7.11 Å². The van der Waals surface area contributed by atoms with E-state index in [9.17, 15) is 4.79 Å². The van der Waals surface area contributed by atoms with Gasteiger partial charge < -0.3 is 19.2 Å². The van der Waals surface area contributed by atoms with Crippen LogP contribution in [0.15, 0.2) is 59.0 Å². The van der Waals surface area contributed by atoms with Crippen molar-refractivity contribution in [1.29, 1.82) is 0 Å². The van der Waals surface area contributed by atoms with Gasteiger partial charge >= 0.3 is 0 Å². The molecule has 0 saturated carbocycles. The highest BCUT2D eigenvalue weighted by atomic mass is 16.5. The quantitative estimate of drug-likeness (QED) is 0.551. The Morgan fingerprint density at radius 3 is 2.63 bits per heavy atom. The van der Waals surface area contributed by atoms with E-state index in [1.807, 2.05) is 42.5 Å². The van der Waals surface area contributed by atoms with E-state index in [0.717, 1.165) is 23.8 Å². The number of ether oxygens (including phenoxy) is 2. The summed E-state index contributed by atoms with van der Waals surface area (Å²) < 4.78 is 16.6. The summed E-state index contributed by atoms with van der Waals surface area (Å²) >= 11 is 0. The Morgan fingerprint density at radius 1 is 1.04 bits per heavy atom. The Hall–Kier alpha value is -2.63. The molecule has 0 spiro atoms. The van der Waals surface area contributed by atoms with Gasteiger partial charge in [0.05, 0.1) is 13.2 Å². The molecule has 1 aromatic heterocycles. The first-order valence-corrected chi connectivity index (χ1v) is 9.19. The van der Waals surface area contributed by atoms with Crippen LogP contribution in [0.1, 0.15) is 28.1 Å². The molecule has 0 saturated heterocycles. The highest BCUT2D eigenvalue weighted by Gasteiger charge is 2.19. The van der Waals surface area contributed by atoms with Crippen molar-refractivity contribution in [1.82, 2.24) is 5.32 Å². The zero-order chi connectivity index (χ0) is 18.9. The minimum atomic E-state index is -0.220. The van der Waals surface area contributed by atoms with Crippen LogP contribution in [0, 0.1) is 0 Å². The summed E-state index contributed by atoms with van der Waals surface area (Å²) in [6.45, 7) is 2.16. The predicted molar refractivity (Wildman–Crippen MR) is 105 cm³/mol. The van der Waals surface area contributed by atoms with E-state index in [2.05, 4.69) is 17.4 Å². The largest absolute Gasteiger partial charge is 0.451 e. The second-order valence-electron chi connectivity index (χ2n) is 6.30. The van der Waals surface area contributed by atoms with Crippen molar-refractivity contribution in [3.8, 4) is 0 Å². The zero-order valence-corrected chi connectivity index (χ0v) is 15.6. The van der Waals surface area contributed by atoms with Crippen LogP contribution < -0.4 is 5.32 Å². The molecule has 1 heterocycles. The third-order valence-electron chi connectivity index (χ3n) is 4.32. The molecule has 5 nitrogen and oxygen atoms in total. The number of furan rings is 1. The van der Waals surface area contributed by atoms with Crippen molar-refractivity contribution in [2.24, 2.45) is 0 Å². The molecule has 3 aromatic rings. The van der Waals surface area contributed by atoms with Crippen LogP contribution in [0.4, 0.5) is 0 Å². The molecule has 0 radical (unpaired) electrons. The number of hydrogen-bond donors (Lipinski definition) is 1. The van der Waals surface area contributed by atoms with Crippen molar-refractivity contribution in [3.63, 3.8) is 0 Å². The average Bonchev–Trinajstić information content (AvgIpc) is 3.07. The average molecular weight is 367 g/mol. The topological polar surface area (TPSA) is 60.7 Å². The molecule has 0 aliphatic heterocycles. The fourth-order valence-corrected chi connectivity index (χ4v) is 2.96. The lowest BCUT2D eigenvalue weighted by Gasteiger charge is -2.06. The predicted octanol–water partition coefficient (Wildman–Crippen LogP) is 3.96. The van der Waals surface area contributed by atoms with E-state index >= 15 is 0 Å². The number of carbonyl (C=O) groups is 1. The van der Waals surface area contributed by atoms with Gasteiger partial charge in [0, 0.05) is 31.2 Å². The molecule has 0 bridgehead atoms. The number of methoxy groups -OCH3 is 1. The fourth-order valence-electron chi connectivity index (χ4n) is 2.96. The molecule has 0 fully saturated rings. The van der Waals surface area contributed by atoms with Gasteiger partial charge in [-0.1, -0.05) is 48.5 Å². The lowest BCUT2D eigenvalue weighted by molar-refractivity contribution is 0.0910. The summed E-state index contributed by atoms with van der Waals surface area (Å²) in [6.07, 6.45) is 1.65. The van der Waals surface area contributed by atoms with Gasteiger partial charge in [-0.25, -0.2) is 0 Å². The van der Waals surface area contributed by atoms with Gasteiger partial charge in [-0.3, -0.25) is 4.79 Å². The Kier molecular flexibility index (Phi) is 7.02. The van der Waals surface area contributed by atoms with E-state index in [0.29, 0.717) is 37.7 Å². The number of benzene rings is 2. The number of rotatable bonds is 10. The molecule has 3 rings (SSSR count). The first-order valence-electron chi connectivity index (χ1n) is 9.19. The molecule has 0 unspecified atom stereocenters. The molecule has 5 heteroatoms. The Morgan fingerprint density at radius 2 is 1.81 bits per heavy atom. The Bertz CT molecular complexity index is 857. The van der Waals surface area contributed by atoms with Gasteiger partial charge in [0.1, 0.15) is 5.58 Å². The van der Waals surface area contributed by atoms with Crippen LogP contribution in [-0.4, -0.2) is 32.8 Å². The highest BCUT2D eigenvalue weighted by molar-refractivity contribution is 5.99. The number of carbonyl (C=O) groups excluding carboxylic acids is 1. The minimum Gasteiger partial charge on any atom is -0.451 e. The Balaban J connectivity index is 1.43. The second-order valence-corrected chi connectivity index (χ2v) is 6.30. The molecule has 2 aromatic carbocycles. The van der Waals surface area contributed by atoms with Gasteiger partial charge in [-0.15, -0.1) is 0 Å². The van der Waals surface area contributed by atoms with Crippen molar-refractivity contribution in [3.05, 3.63) is 71.5 Å². The van der Waals surface area contributed by atoms with Crippen LogP contribution in [0.25, 0.3) is 11.0 Å². The van der Waals surface area contributed by atoms with Gasteiger partial charge in [0.2, 0.25) is 0 Å². The summed E-state index contributed by atoms with van der Waals surface area (Å²) in [5.41, 5.74) is 2.74. The molecule has 142 valence electrons. The summed E-state index contributed by atoms with van der Waals surface area (Å²) in [4.78, 5) is 12.5. The standard InChI is InChI=1S/C22H25NO4/c1-25-16-19-18-10-5-6-11-20(18)27-21(19)22(24)23-13-7-14-26-15-12-17-8-3-2-4-9-17/h2-6,8-11H,7,12-16H2,1H3,(H,23,24). The maximum atomic E-state index is 12.5. The lowest BCUT2D eigenvalue weighted by atomic mass is 10.1. The SMILES string of the molecule is COCc1c(C(=O)NCCCOCCc2ccccc2)oc2ccccc12. The molecule has 27 heavy (non-hydrogen) atoms. The number of fused-ring (bicyclic) bond motifs is 1. The molecular formula is C22H25NO4. The number of hydrogen-bond acceptors (Lipinski definition) is 4. The first kappa shape index (κ1) is 19.1. The molecule has 0 aliphatic rings. The lowest BCUT2D eigenvalue weighted by Crippen LogP contribution is -2.26. The molecule has 1 amide bonds.